The van der Waals surface area contributed by atoms with Gasteiger partial charge < -0.3 is 34.1 Å². The van der Waals surface area contributed by atoms with Crippen LogP contribution in [0.3, 0.4) is 0 Å². The number of hydrogen-bond acceptors (Lipinski definition) is 10. The number of rotatable bonds is 16. The molecule has 1 atom stereocenters. The Morgan fingerprint density at radius 3 is 2.56 bits per heavy atom. The summed E-state index contributed by atoms with van der Waals surface area (Å²) in [6.45, 7) is 10.3. The number of amides is 2. The second kappa shape index (κ2) is 20.2. The van der Waals surface area contributed by atoms with Crippen LogP contribution in [0.2, 0.25) is 5.02 Å². The summed E-state index contributed by atoms with van der Waals surface area (Å²) in [5, 5.41) is 19.3. The SMILES string of the molecule is Cc1ccc(C(=O)OCCO)cc1-n1c(C)cc(OCc2ccc(F)cc2CNC(=O)Nc2cc(C(C)(C)C)nn2-c2cccc(OCCOC3CCCCO3)c2)c(Cl)c1=O. The fraction of sp³-hybridized carbons (Fsp3) is 0.378. The fourth-order valence-corrected chi connectivity index (χ4v) is 6.79. The van der Waals surface area contributed by atoms with E-state index >= 15 is 0 Å². The van der Waals surface area contributed by atoms with Crippen LogP contribution in [-0.2, 0) is 32.8 Å². The number of urea groups is 1. The molecule has 3 heterocycles. The van der Waals surface area contributed by atoms with Crippen molar-refractivity contribution in [3.63, 3.8) is 0 Å². The van der Waals surface area contributed by atoms with Gasteiger partial charge in [0.05, 0.1) is 35.8 Å². The summed E-state index contributed by atoms with van der Waals surface area (Å²) in [5.41, 5.74) is 3.23. The largest absolute Gasteiger partial charge is 0.491 e. The van der Waals surface area contributed by atoms with Gasteiger partial charge in [-0.15, -0.1) is 0 Å². The number of benzene rings is 3. The highest BCUT2D eigenvalue weighted by Gasteiger charge is 2.23. The van der Waals surface area contributed by atoms with Gasteiger partial charge >= 0.3 is 12.0 Å². The lowest BCUT2D eigenvalue weighted by molar-refractivity contribution is -0.165. The number of nitrogens with one attached hydrogen (secondary N) is 2. The zero-order valence-electron chi connectivity index (χ0n) is 34.9. The van der Waals surface area contributed by atoms with E-state index in [0.717, 1.165) is 25.0 Å². The first-order valence-corrected chi connectivity index (χ1v) is 20.4. The number of anilines is 1. The molecular weight excluding hydrogens is 809 g/mol. The van der Waals surface area contributed by atoms with Crippen molar-refractivity contribution in [1.82, 2.24) is 19.7 Å². The van der Waals surface area contributed by atoms with Gasteiger partial charge in [0.2, 0.25) is 0 Å². The predicted octanol–water partition coefficient (Wildman–Crippen LogP) is 7.70. The van der Waals surface area contributed by atoms with E-state index in [-0.39, 0.29) is 54.4 Å². The maximum atomic E-state index is 14.6. The van der Waals surface area contributed by atoms with Crippen LogP contribution < -0.4 is 25.7 Å². The molecule has 61 heavy (non-hydrogen) atoms. The molecule has 14 nitrogen and oxygen atoms in total. The average molecular weight is 860 g/mol. The van der Waals surface area contributed by atoms with Gasteiger partial charge in [-0.25, -0.2) is 18.7 Å². The average Bonchev–Trinajstić information content (AvgIpc) is 3.67. The number of aliphatic hydroxyl groups is 1. The van der Waals surface area contributed by atoms with Gasteiger partial charge in [0, 0.05) is 42.5 Å². The van der Waals surface area contributed by atoms with E-state index in [2.05, 4.69) is 10.6 Å². The van der Waals surface area contributed by atoms with Crippen LogP contribution in [0.4, 0.5) is 15.0 Å². The smallest absolute Gasteiger partial charge is 0.338 e. The first-order chi connectivity index (χ1) is 29.2. The molecule has 0 radical (unpaired) electrons. The van der Waals surface area contributed by atoms with Gasteiger partial charge in [-0.2, -0.15) is 5.10 Å². The molecule has 1 aliphatic rings. The van der Waals surface area contributed by atoms with Crippen molar-refractivity contribution in [3.05, 3.63) is 128 Å². The Balaban J connectivity index is 1.13. The zero-order valence-corrected chi connectivity index (χ0v) is 35.6. The molecule has 6 rings (SSSR count). The Hall–Kier alpha value is -5.74. The summed E-state index contributed by atoms with van der Waals surface area (Å²) in [7, 11) is 0. The van der Waals surface area contributed by atoms with Crippen molar-refractivity contribution in [2.45, 2.75) is 78.7 Å². The molecule has 0 bridgehead atoms. The van der Waals surface area contributed by atoms with Crippen molar-refractivity contribution >= 4 is 29.4 Å². The third kappa shape index (κ3) is 11.6. The first-order valence-electron chi connectivity index (χ1n) is 20.0. The predicted molar refractivity (Wildman–Crippen MR) is 228 cm³/mol. The van der Waals surface area contributed by atoms with Gasteiger partial charge in [0.25, 0.3) is 5.56 Å². The van der Waals surface area contributed by atoms with Gasteiger partial charge in [0.15, 0.2) is 6.29 Å². The van der Waals surface area contributed by atoms with Crippen LogP contribution in [0.15, 0.2) is 77.6 Å². The lowest BCUT2D eigenvalue weighted by Gasteiger charge is -2.22. The van der Waals surface area contributed by atoms with E-state index in [0.29, 0.717) is 65.1 Å². The van der Waals surface area contributed by atoms with Crippen molar-refractivity contribution in [1.29, 1.82) is 0 Å². The molecule has 3 N–H and O–H groups in total. The van der Waals surface area contributed by atoms with Crippen molar-refractivity contribution < 1.29 is 42.8 Å². The highest BCUT2D eigenvalue weighted by Crippen LogP contribution is 2.29. The lowest BCUT2D eigenvalue weighted by Crippen LogP contribution is -2.29. The summed E-state index contributed by atoms with van der Waals surface area (Å²) in [6, 6.07) is 19.1. The molecule has 2 amide bonds. The van der Waals surface area contributed by atoms with Crippen molar-refractivity contribution in [2.75, 3.05) is 38.4 Å². The number of ether oxygens (including phenoxy) is 5. The lowest BCUT2D eigenvalue weighted by atomic mass is 9.92. The van der Waals surface area contributed by atoms with Gasteiger partial charge in [-0.1, -0.05) is 50.6 Å². The van der Waals surface area contributed by atoms with Crippen LogP contribution in [-0.4, -0.2) is 70.8 Å². The number of aryl methyl sites for hydroxylation is 2. The quantitative estimate of drug-likeness (QED) is 0.0662. The maximum Gasteiger partial charge on any atom is 0.338 e. The Kier molecular flexibility index (Phi) is 14.8. The number of aliphatic hydroxyl groups excluding tert-OH is 1. The molecule has 1 fully saturated rings. The number of hydrogen-bond donors (Lipinski definition) is 3. The Labute approximate surface area is 358 Å². The number of pyridine rings is 1. The summed E-state index contributed by atoms with van der Waals surface area (Å²) >= 11 is 6.58. The molecule has 1 aliphatic heterocycles. The van der Waals surface area contributed by atoms with E-state index in [1.165, 1.54) is 28.8 Å². The minimum Gasteiger partial charge on any atom is -0.491 e. The molecular formula is C45H51ClFN5O9. The number of aromatic nitrogens is 3. The molecule has 1 unspecified atom stereocenters. The summed E-state index contributed by atoms with van der Waals surface area (Å²) in [5.74, 6) is -0.0582. The molecule has 16 heteroatoms. The van der Waals surface area contributed by atoms with Gasteiger partial charge in [-0.05, 0) is 86.2 Å². The summed E-state index contributed by atoms with van der Waals surface area (Å²) in [6.07, 6.45) is 2.79. The topological polar surface area (TPSA) is 164 Å². The monoisotopic (exact) mass is 859 g/mol. The molecule has 2 aromatic heterocycles. The van der Waals surface area contributed by atoms with E-state index in [1.807, 2.05) is 45.0 Å². The van der Waals surface area contributed by atoms with Gasteiger partial charge in [-0.3, -0.25) is 14.7 Å². The molecule has 1 saturated heterocycles. The molecule has 5 aromatic rings. The summed E-state index contributed by atoms with van der Waals surface area (Å²) in [4.78, 5) is 39.6. The number of esters is 1. The number of nitrogens with zero attached hydrogens (tertiary/aromatic N) is 3. The van der Waals surface area contributed by atoms with Gasteiger partial charge in [0.1, 0.15) is 48.0 Å². The Morgan fingerprint density at radius 2 is 1.80 bits per heavy atom. The number of carbonyl (C=O) groups is 2. The fourth-order valence-electron chi connectivity index (χ4n) is 6.60. The molecule has 3 aromatic carbocycles. The number of carbonyl (C=O) groups excluding carboxylic acids is 2. The maximum absolute atomic E-state index is 14.6. The van der Waals surface area contributed by atoms with Crippen LogP contribution in [0.1, 0.15) is 78.5 Å². The van der Waals surface area contributed by atoms with Crippen molar-refractivity contribution in [2.24, 2.45) is 0 Å². The third-order valence-corrected chi connectivity index (χ3v) is 10.2. The van der Waals surface area contributed by atoms with Crippen LogP contribution in [0.25, 0.3) is 11.4 Å². The van der Waals surface area contributed by atoms with Crippen LogP contribution >= 0.6 is 11.6 Å². The standard InChI is InChI=1S/C45H51ClFN5O9/c1-28-12-13-30(43(55)60-18-16-53)23-36(28)51-29(2)21-37(41(46)42(51)54)61-27-31-14-15-33(47)22-32(31)26-48-44(56)49-39-25-38(45(3,4)5)50-52(39)34-9-8-10-35(24-34)57-19-20-59-40-11-6-7-17-58-40/h8-10,12-15,21-25,40,53H,6-7,11,16-20,26-27H2,1-5H3,(H2,48,49,56). The molecule has 0 saturated carbocycles. The van der Waals surface area contributed by atoms with E-state index in [1.54, 1.807) is 42.8 Å². The highest BCUT2D eigenvalue weighted by atomic mass is 35.5. The van der Waals surface area contributed by atoms with Crippen LogP contribution in [0.5, 0.6) is 11.5 Å². The minimum atomic E-state index is -0.648. The first kappa shape index (κ1) is 44.8. The Morgan fingerprint density at radius 1 is 0.984 bits per heavy atom. The van der Waals surface area contributed by atoms with E-state index in [9.17, 15) is 18.8 Å². The Bertz CT molecular complexity index is 2400. The van der Waals surface area contributed by atoms with E-state index < -0.39 is 23.4 Å². The zero-order chi connectivity index (χ0) is 43.7. The van der Waals surface area contributed by atoms with Crippen LogP contribution in [0, 0.1) is 19.7 Å². The molecule has 0 aliphatic carbocycles. The molecule has 324 valence electrons. The highest BCUT2D eigenvalue weighted by molar-refractivity contribution is 6.31. The molecule has 0 spiro atoms. The van der Waals surface area contributed by atoms with Crippen molar-refractivity contribution in [3.8, 4) is 22.9 Å². The number of halogens is 2. The third-order valence-electron chi connectivity index (χ3n) is 9.88. The second-order valence-electron chi connectivity index (χ2n) is 15.6. The summed E-state index contributed by atoms with van der Waals surface area (Å²) < 4.78 is 46.1. The normalized spacial score (nSPS) is 14.1. The second-order valence-corrected chi connectivity index (χ2v) is 15.9. The van der Waals surface area contributed by atoms with E-state index in [4.69, 9.17) is 45.5 Å². The minimum absolute atomic E-state index is 0.0649.